The number of nitrogens with one attached hydrogen (secondary N) is 1. The molecule has 0 aliphatic carbocycles. The highest BCUT2D eigenvalue weighted by molar-refractivity contribution is 5.94. The molecule has 0 bridgehead atoms. The molecule has 6 nitrogen and oxygen atoms in total. The minimum absolute atomic E-state index is 0.0104. The maximum atomic E-state index is 12.7. The molecule has 0 spiro atoms. The number of benzene rings is 1. The second-order valence-electron chi connectivity index (χ2n) is 6.77. The van der Waals surface area contributed by atoms with Gasteiger partial charge in [0.2, 0.25) is 0 Å². The molecule has 136 valence electrons. The van der Waals surface area contributed by atoms with Gasteiger partial charge in [-0.05, 0) is 31.0 Å². The van der Waals surface area contributed by atoms with Crippen molar-refractivity contribution in [3.05, 3.63) is 59.4 Å². The molecular formula is C20H23N3O3. The van der Waals surface area contributed by atoms with Crippen LogP contribution in [-0.2, 0) is 6.61 Å². The van der Waals surface area contributed by atoms with Crippen LogP contribution in [-0.4, -0.2) is 39.4 Å². The molecule has 6 heteroatoms. The van der Waals surface area contributed by atoms with Gasteiger partial charge in [0.25, 0.3) is 5.91 Å². The lowest BCUT2D eigenvalue weighted by Gasteiger charge is -2.26. The van der Waals surface area contributed by atoms with Gasteiger partial charge < -0.3 is 9.64 Å². The zero-order valence-electron chi connectivity index (χ0n) is 15.2. The van der Waals surface area contributed by atoms with E-state index in [0.717, 1.165) is 0 Å². The number of carbonyl (C=O) groups excluding carboxylic acids is 2. The summed E-state index contributed by atoms with van der Waals surface area (Å²) >= 11 is 0. The summed E-state index contributed by atoms with van der Waals surface area (Å²) in [5.74, 6) is 0.857. The van der Waals surface area contributed by atoms with E-state index in [1.165, 1.54) is 6.92 Å². The van der Waals surface area contributed by atoms with Gasteiger partial charge in [-0.2, -0.15) is 5.10 Å². The lowest BCUT2D eigenvalue weighted by atomic mass is 10.0. The van der Waals surface area contributed by atoms with Crippen LogP contribution < -0.4 is 4.74 Å². The molecular weight excluding hydrogens is 330 g/mol. The molecule has 1 N–H and O–H groups in total. The molecule has 2 heterocycles. The summed E-state index contributed by atoms with van der Waals surface area (Å²) in [6, 6.07) is 8.84. The number of ether oxygens (including phenoxy) is 1. The van der Waals surface area contributed by atoms with E-state index in [1.807, 2.05) is 11.0 Å². The average Bonchev–Trinajstić information content (AvgIpc) is 3.29. The number of Topliss-reactive ketones (excluding diaryl/α,β-unsaturated/α-hetero) is 1. The van der Waals surface area contributed by atoms with Crippen LogP contribution >= 0.6 is 0 Å². The summed E-state index contributed by atoms with van der Waals surface area (Å²) in [5, 5.41) is 6.99. The van der Waals surface area contributed by atoms with E-state index in [4.69, 9.17) is 4.74 Å². The highest BCUT2D eigenvalue weighted by atomic mass is 16.5. The molecule has 0 fully saturated rings. The average molecular weight is 353 g/mol. The maximum Gasteiger partial charge on any atom is 0.275 e. The molecule has 1 amide bonds. The molecule has 2 aromatic rings. The van der Waals surface area contributed by atoms with Gasteiger partial charge in [0, 0.05) is 12.1 Å². The zero-order valence-corrected chi connectivity index (χ0v) is 15.2. The van der Waals surface area contributed by atoms with Crippen molar-refractivity contribution < 1.29 is 14.3 Å². The van der Waals surface area contributed by atoms with Crippen molar-refractivity contribution in [2.45, 2.75) is 33.4 Å². The molecule has 0 radical (unpaired) electrons. The number of amides is 1. The van der Waals surface area contributed by atoms with Gasteiger partial charge in [-0.1, -0.05) is 38.1 Å². The van der Waals surface area contributed by atoms with Crippen LogP contribution in [0.1, 0.15) is 47.3 Å². The van der Waals surface area contributed by atoms with E-state index in [2.05, 4.69) is 30.1 Å². The molecule has 0 saturated heterocycles. The second-order valence-corrected chi connectivity index (χ2v) is 6.77. The largest absolute Gasteiger partial charge is 0.487 e. The van der Waals surface area contributed by atoms with Crippen LogP contribution in [0.5, 0.6) is 5.75 Å². The predicted octanol–water partition coefficient (Wildman–Crippen LogP) is 3.23. The van der Waals surface area contributed by atoms with E-state index in [9.17, 15) is 9.59 Å². The SMILES string of the molecule is CC(=O)c1cccc(OCc2cc(C(=O)N3CC=C[C@@H]3C(C)C)n[nH]2)c1. The number of hydrogen-bond donors (Lipinski definition) is 1. The fourth-order valence-electron chi connectivity index (χ4n) is 3.00. The molecule has 1 atom stereocenters. The van der Waals surface area contributed by atoms with Crippen LogP contribution in [0.15, 0.2) is 42.5 Å². The first-order chi connectivity index (χ1) is 12.5. The van der Waals surface area contributed by atoms with Gasteiger partial charge in [-0.3, -0.25) is 14.7 Å². The number of hydrogen-bond acceptors (Lipinski definition) is 4. The van der Waals surface area contributed by atoms with Crippen LogP contribution in [0.25, 0.3) is 0 Å². The summed E-state index contributed by atoms with van der Waals surface area (Å²) in [6.45, 7) is 6.56. The normalized spacial score (nSPS) is 16.3. The molecule has 3 rings (SSSR count). The van der Waals surface area contributed by atoms with Crippen molar-refractivity contribution in [1.29, 1.82) is 0 Å². The smallest absolute Gasteiger partial charge is 0.275 e. The van der Waals surface area contributed by atoms with E-state index < -0.39 is 0 Å². The minimum Gasteiger partial charge on any atom is -0.487 e. The van der Waals surface area contributed by atoms with Crippen LogP contribution in [0.2, 0.25) is 0 Å². The predicted molar refractivity (Wildman–Crippen MR) is 98.2 cm³/mol. The fourth-order valence-corrected chi connectivity index (χ4v) is 3.00. The minimum atomic E-state index is -0.0882. The van der Waals surface area contributed by atoms with Gasteiger partial charge in [0.15, 0.2) is 11.5 Å². The first kappa shape index (κ1) is 17.9. The number of rotatable bonds is 6. The van der Waals surface area contributed by atoms with Crippen molar-refractivity contribution in [2.75, 3.05) is 6.54 Å². The van der Waals surface area contributed by atoms with Crippen molar-refractivity contribution in [2.24, 2.45) is 5.92 Å². The Labute approximate surface area is 152 Å². The monoisotopic (exact) mass is 353 g/mol. The van der Waals surface area contributed by atoms with Crippen LogP contribution in [0.4, 0.5) is 0 Å². The van der Waals surface area contributed by atoms with Crippen molar-refractivity contribution in [3.63, 3.8) is 0 Å². The van der Waals surface area contributed by atoms with E-state index in [-0.39, 0.29) is 24.3 Å². The highest BCUT2D eigenvalue weighted by Gasteiger charge is 2.29. The molecule has 1 aromatic carbocycles. The summed E-state index contributed by atoms with van der Waals surface area (Å²) < 4.78 is 5.70. The third-order valence-corrected chi connectivity index (χ3v) is 4.42. The Morgan fingerprint density at radius 1 is 1.35 bits per heavy atom. The molecule has 1 aliphatic heterocycles. The Morgan fingerprint density at radius 3 is 2.88 bits per heavy atom. The van der Waals surface area contributed by atoms with Crippen LogP contribution in [0.3, 0.4) is 0 Å². The lowest BCUT2D eigenvalue weighted by Crippen LogP contribution is -2.39. The van der Waals surface area contributed by atoms with Gasteiger partial charge in [0.05, 0.1) is 11.7 Å². The van der Waals surface area contributed by atoms with Crippen molar-refractivity contribution in [1.82, 2.24) is 15.1 Å². The van der Waals surface area contributed by atoms with Crippen molar-refractivity contribution >= 4 is 11.7 Å². The third kappa shape index (κ3) is 3.85. The van der Waals surface area contributed by atoms with E-state index in [1.54, 1.807) is 30.3 Å². The van der Waals surface area contributed by atoms with E-state index >= 15 is 0 Å². The molecule has 1 aromatic heterocycles. The number of ketones is 1. The Morgan fingerprint density at radius 2 is 2.15 bits per heavy atom. The van der Waals surface area contributed by atoms with Crippen molar-refractivity contribution in [3.8, 4) is 5.75 Å². The summed E-state index contributed by atoms with van der Waals surface area (Å²) in [4.78, 5) is 25.9. The molecule has 26 heavy (non-hydrogen) atoms. The van der Waals surface area contributed by atoms with Crippen LogP contribution in [0, 0.1) is 5.92 Å². The van der Waals surface area contributed by atoms with Gasteiger partial charge in [-0.15, -0.1) is 0 Å². The summed E-state index contributed by atoms with van der Waals surface area (Å²) in [5.41, 5.74) is 1.69. The molecule has 0 saturated carbocycles. The Balaban J connectivity index is 1.64. The number of nitrogens with zero attached hydrogens (tertiary/aromatic N) is 2. The number of H-pyrrole nitrogens is 1. The number of aromatic nitrogens is 2. The summed E-state index contributed by atoms with van der Waals surface area (Å²) in [6.07, 6.45) is 4.09. The third-order valence-electron chi connectivity index (χ3n) is 4.42. The van der Waals surface area contributed by atoms with Gasteiger partial charge >= 0.3 is 0 Å². The quantitative estimate of drug-likeness (QED) is 0.639. The fraction of sp³-hybridized carbons (Fsp3) is 0.350. The highest BCUT2D eigenvalue weighted by Crippen LogP contribution is 2.20. The van der Waals surface area contributed by atoms with E-state index in [0.29, 0.717) is 35.2 Å². The van der Waals surface area contributed by atoms with Gasteiger partial charge in [0.1, 0.15) is 12.4 Å². The first-order valence-electron chi connectivity index (χ1n) is 8.71. The maximum absolute atomic E-state index is 12.7. The van der Waals surface area contributed by atoms with Gasteiger partial charge in [-0.25, -0.2) is 0 Å². The lowest BCUT2D eigenvalue weighted by molar-refractivity contribution is 0.0714. The molecule has 1 aliphatic rings. The Bertz CT molecular complexity index is 838. The first-order valence-corrected chi connectivity index (χ1v) is 8.71. The zero-order chi connectivity index (χ0) is 18.7. The number of carbonyl (C=O) groups is 2. The summed E-state index contributed by atoms with van der Waals surface area (Å²) in [7, 11) is 0. The second kappa shape index (κ2) is 7.56. The topological polar surface area (TPSA) is 75.3 Å². The molecule has 0 unspecified atom stereocenters. The Kier molecular flexibility index (Phi) is 5.21. The Hall–Kier alpha value is -2.89. The number of aromatic amines is 1. The standard InChI is InChI=1S/C20H23N3O3/c1-13(2)19-8-5-9-23(19)20(25)18-11-16(21-22-18)12-26-17-7-4-6-15(10-17)14(3)24/h4-8,10-11,13,19H,9,12H2,1-3H3,(H,21,22)/t19-/m1/s1.